The summed E-state index contributed by atoms with van der Waals surface area (Å²) in [6.45, 7) is 1.55. The summed E-state index contributed by atoms with van der Waals surface area (Å²) >= 11 is 0. The van der Waals surface area contributed by atoms with E-state index in [0.29, 0.717) is 0 Å². The lowest BCUT2D eigenvalue weighted by Gasteiger charge is -2.13. The molecule has 0 aromatic carbocycles. The molecule has 0 aromatic rings. The first-order valence-electron chi connectivity index (χ1n) is 4.57. The zero-order valence-electron chi connectivity index (χ0n) is 9.10. The van der Waals surface area contributed by atoms with E-state index < -0.39 is 19.2 Å². The minimum Gasteiger partial charge on any atom is -0.449 e. The number of carbonyl (C=O) groups is 1. The van der Waals surface area contributed by atoms with Crippen LogP contribution in [-0.4, -0.2) is 30.6 Å². The molecule has 0 radical (unpaired) electrons. The maximum atomic E-state index is 12.1. The van der Waals surface area contributed by atoms with Crippen molar-refractivity contribution in [1.82, 2.24) is 0 Å². The Morgan fingerprint density at radius 2 is 1.81 bits per heavy atom. The monoisotopic (exact) mass is 236 g/mol. The van der Waals surface area contributed by atoms with Crippen molar-refractivity contribution >= 4 is 13.1 Å². The number of hydrogen-bond donors (Lipinski definition) is 0. The van der Waals surface area contributed by atoms with Gasteiger partial charge in [-0.1, -0.05) is 17.8 Å². The molecular weight excluding hydrogens is 223 g/mol. The third-order valence-electron chi connectivity index (χ3n) is 1.72. The van der Waals surface area contributed by atoms with Crippen LogP contribution in [0.5, 0.6) is 0 Å². The molecule has 0 amide bonds. The number of carbonyl (C=O) groups excluding carboxylic acids is 1. The topological polar surface area (TPSA) is 43.4 Å². The molecule has 0 bridgehead atoms. The quantitative estimate of drug-likeness (QED) is 0.409. The zero-order chi connectivity index (χ0) is 12.6. The minimum absolute atomic E-state index is 0.00324. The lowest BCUT2D eigenvalue weighted by atomic mass is 10.4. The molecule has 0 fully saturated rings. The van der Waals surface area contributed by atoms with Gasteiger partial charge in [0, 0.05) is 0 Å². The van der Waals surface area contributed by atoms with Crippen molar-refractivity contribution in [3.05, 3.63) is 0 Å². The third-order valence-corrected chi connectivity index (χ3v) is 4.07. The first-order valence-corrected chi connectivity index (χ1v) is 6.83. The van der Waals surface area contributed by atoms with Gasteiger partial charge in [-0.05, 0) is 6.92 Å². The van der Waals surface area contributed by atoms with Crippen LogP contribution in [0.3, 0.4) is 0 Å². The number of ether oxygens (including phenoxy) is 1. The highest BCUT2D eigenvalue weighted by atomic mass is 31.2. The largest absolute Gasteiger partial charge is 0.449 e. The van der Waals surface area contributed by atoms with E-state index in [1.54, 1.807) is 6.92 Å². The average molecular weight is 236 g/mol. The fraction of sp³-hybridized carbons (Fsp3) is 0.417. The summed E-state index contributed by atoms with van der Waals surface area (Å²) < 4.78 is 16.9. The van der Waals surface area contributed by atoms with E-state index in [0.717, 1.165) is 0 Å². The summed E-state index contributed by atoms with van der Waals surface area (Å²) in [5, 5.41) is 0. The number of terminal acetylenes is 3. The van der Waals surface area contributed by atoms with Crippen LogP contribution in [0.2, 0.25) is 0 Å². The predicted molar refractivity (Wildman–Crippen MR) is 64.3 cm³/mol. The van der Waals surface area contributed by atoms with Crippen molar-refractivity contribution in [3.63, 3.8) is 0 Å². The molecule has 0 saturated heterocycles. The van der Waals surface area contributed by atoms with Crippen molar-refractivity contribution in [2.45, 2.75) is 13.0 Å². The predicted octanol–water partition coefficient (Wildman–Crippen LogP) is 1.18. The number of esters is 1. The normalized spacial score (nSPS) is 11.6. The van der Waals surface area contributed by atoms with E-state index in [1.165, 1.54) is 0 Å². The molecule has 84 valence electrons. The Morgan fingerprint density at radius 3 is 2.19 bits per heavy atom. The van der Waals surface area contributed by atoms with E-state index in [1.807, 2.05) is 0 Å². The Morgan fingerprint density at radius 1 is 1.31 bits per heavy atom. The van der Waals surface area contributed by atoms with Gasteiger partial charge in [-0.3, -0.25) is 4.79 Å². The molecule has 0 saturated carbocycles. The molecule has 0 aliphatic heterocycles. The van der Waals surface area contributed by atoms with Gasteiger partial charge >= 0.3 is 5.97 Å². The van der Waals surface area contributed by atoms with Crippen molar-refractivity contribution in [2.75, 3.05) is 18.5 Å². The van der Waals surface area contributed by atoms with Crippen LogP contribution in [0.25, 0.3) is 0 Å². The minimum atomic E-state index is -2.86. The summed E-state index contributed by atoms with van der Waals surface area (Å²) in [5.74, 6) is 6.12. The van der Waals surface area contributed by atoms with Gasteiger partial charge in [-0.25, -0.2) is 0 Å². The maximum absolute atomic E-state index is 12.1. The van der Waals surface area contributed by atoms with Crippen LogP contribution < -0.4 is 0 Å². The van der Waals surface area contributed by atoms with Crippen molar-refractivity contribution in [2.24, 2.45) is 0 Å². The molecule has 3 nitrogen and oxygen atoms in total. The van der Waals surface area contributed by atoms with E-state index in [2.05, 4.69) is 17.8 Å². The molecule has 0 rings (SSSR count). The fourth-order valence-electron chi connectivity index (χ4n) is 1.00. The third kappa shape index (κ3) is 5.31. The van der Waals surface area contributed by atoms with Crippen LogP contribution in [-0.2, 0) is 14.1 Å². The SMILES string of the molecule is C#CCP(=O)(CC#C)CC(=O)OC(C)C#C. The van der Waals surface area contributed by atoms with E-state index in [4.69, 9.17) is 24.0 Å². The molecule has 4 heteroatoms. The molecule has 0 spiro atoms. The van der Waals surface area contributed by atoms with Crippen LogP contribution in [0.15, 0.2) is 0 Å². The van der Waals surface area contributed by atoms with Gasteiger partial charge in [-0.15, -0.1) is 19.3 Å². The summed E-state index contributed by atoms with van der Waals surface area (Å²) in [7, 11) is -2.86. The van der Waals surface area contributed by atoms with E-state index in [9.17, 15) is 9.36 Å². The van der Waals surface area contributed by atoms with Crippen molar-refractivity contribution in [3.8, 4) is 37.0 Å². The van der Waals surface area contributed by atoms with Crippen molar-refractivity contribution in [1.29, 1.82) is 0 Å². The molecular formula is C12H13O3P. The summed E-state index contributed by atoms with van der Waals surface area (Å²) in [4.78, 5) is 11.4. The first-order chi connectivity index (χ1) is 7.47. The van der Waals surface area contributed by atoms with Crippen LogP contribution in [0, 0.1) is 37.0 Å². The van der Waals surface area contributed by atoms with Crippen LogP contribution in [0.4, 0.5) is 0 Å². The second-order valence-corrected chi connectivity index (χ2v) is 6.30. The van der Waals surface area contributed by atoms with Gasteiger partial charge in [0.1, 0.15) is 13.3 Å². The van der Waals surface area contributed by atoms with Crippen LogP contribution in [0.1, 0.15) is 6.92 Å². The molecule has 0 aliphatic rings. The average Bonchev–Trinajstić information content (AvgIpc) is 2.17. The first kappa shape index (κ1) is 14.4. The molecule has 0 aliphatic carbocycles. The van der Waals surface area contributed by atoms with Gasteiger partial charge in [0.05, 0.1) is 12.3 Å². The highest BCUT2D eigenvalue weighted by molar-refractivity contribution is 7.65. The molecule has 1 unspecified atom stereocenters. The summed E-state index contributed by atoms with van der Waals surface area (Å²) in [6.07, 6.45) is 14.3. The lowest BCUT2D eigenvalue weighted by molar-refractivity contribution is -0.142. The maximum Gasteiger partial charge on any atom is 0.314 e. The second kappa shape index (κ2) is 6.79. The number of hydrogen-bond acceptors (Lipinski definition) is 3. The molecule has 0 aromatic heterocycles. The lowest BCUT2D eigenvalue weighted by Crippen LogP contribution is -2.17. The van der Waals surface area contributed by atoms with E-state index >= 15 is 0 Å². The summed E-state index contributed by atoms with van der Waals surface area (Å²) in [6, 6.07) is 0. The standard InChI is InChI=1S/C12H13O3P/c1-5-8-16(14,9-6-2)10-12(13)15-11(4)7-3/h1-3,11H,8-10H2,4H3. The molecule has 16 heavy (non-hydrogen) atoms. The molecule has 0 N–H and O–H groups in total. The Kier molecular flexibility index (Phi) is 6.10. The Bertz CT molecular complexity index is 397. The van der Waals surface area contributed by atoms with Crippen molar-refractivity contribution < 1.29 is 14.1 Å². The fourth-order valence-corrected chi connectivity index (χ4v) is 2.55. The van der Waals surface area contributed by atoms with Gasteiger partial charge in [0.15, 0.2) is 6.10 Å². The molecule has 0 heterocycles. The number of rotatable bonds is 5. The highest BCUT2D eigenvalue weighted by Crippen LogP contribution is 2.44. The van der Waals surface area contributed by atoms with E-state index in [-0.39, 0.29) is 18.5 Å². The van der Waals surface area contributed by atoms with Gasteiger partial charge in [0.25, 0.3) is 0 Å². The molecule has 1 atom stereocenters. The van der Waals surface area contributed by atoms with Gasteiger partial charge in [-0.2, -0.15) is 0 Å². The van der Waals surface area contributed by atoms with Gasteiger partial charge in [0.2, 0.25) is 0 Å². The zero-order valence-corrected chi connectivity index (χ0v) is 10.00. The van der Waals surface area contributed by atoms with Crippen LogP contribution >= 0.6 is 7.14 Å². The Hall–Kier alpha value is -1.62. The Labute approximate surface area is 96.3 Å². The van der Waals surface area contributed by atoms with Gasteiger partial charge < -0.3 is 9.30 Å². The Balaban J connectivity index is 4.50. The smallest absolute Gasteiger partial charge is 0.314 e. The second-order valence-electron chi connectivity index (χ2n) is 3.24. The summed E-state index contributed by atoms with van der Waals surface area (Å²) in [5.41, 5.74) is 0. The highest BCUT2D eigenvalue weighted by Gasteiger charge is 2.25.